The number of nitriles is 1. The van der Waals surface area contributed by atoms with E-state index in [4.69, 9.17) is 4.74 Å². The molecule has 0 bridgehead atoms. The molecule has 2 aromatic heterocycles. The first-order chi connectivity index (χ1) is 20.2. The van der Waals surface area contributed by atoms with Gasteiger partial charge in [-0.15, -0.1) is 0 Å². The van der Waals surface area contributed by atoms with Crippen molar-refractivity contribution in [1.82, 2.24) is 24.6 Å². The molecule has 0 aromatic carbocycles. The molecule has 0 radical (unpaired) electrons. The minimum atomic E-state index is -4.76. The highest BCUT2D eigenvalue weighted by molar-refractivity contribution is 5.69. The van der Waals surface area contributed by atoms with Gasteiger partial charge in [-0.05, 0) is 53.0 Å². The van der Waals surface area contributed by atoms with Gasteiger partial charge in [0.05, 0.1) is 11.9 Å². The Kier molecular flexibility index (Phi) is 8.28. The van der Waals surface area contributed by atoms with E-state index in [1.165, 1.54) is 0 Å². The molecule has 5 heterocycles. The summed E-state index contributed by atoms with van der Waals surface area (Å²) in [5.41, 5.74) is 0.428. The molecule has 2 aromatic rings. The van der Waals surface area contributed by atoms with Crippen molar-refractivity contribution in [2.45, 2.75) is 77.2 Å². The van der Waals surface area contributed by atoms with E-state index in [0.717, 1.165) is 24.1 Å². The van der Waals surface area contributed by atoms with E-state index >= 15 is 0 Å². The number of carbonyl (C=O) groups excluding carboxylic acids is 1. The van der Waals surface area contributed by atoms with Crippen molar-refractivity contribution in [1.29, 1.82) is 5.26 Å². The van der Waals surface area contributed by atoms with Gasteiger partial charge in [-0.25, -0.2) is 9.78 Å². The fraction of sp³-hybridized carbons (Fsp3) is 0.667. The van der Waals surface area contributed by atoms with Gasteiger partial charge in [-0.1, -0.05) is 0 Å². The molecule has 2 atom stereocenters. The topological polar surface area (TPSA) is 93.8 Å². The van der Waals surface area contributed by atoms with E-state index < -0.39 is 23.0 Å². The molecule has 3 fully saturated rings. The number of piperidine rings is 1. The molecule has 234 valence electrons. The Labute approximate surface area is 251 Å². The molecule has 0 spiro atoms. The van der Waals surface area contributed by atoms with Crippen LogP contribution in [0, 0.1) is 18.3 Å². The number of halogens is 3. The van der Waals surface area contributed by atoms with Gasteiger partial charge in [-0.3, -0.25) is 9.58 Å². The summed E-state index contributed by atoms with van der Waals surface area (Å²) in [6.07, 6.45) is -1.70. The number of rotatable bonds is 4. The van der Waals surface area contributed by atoms with Crippen molar-refractivity contribution < 1.29 is 22.7 Å². The van der Waals surface area contributed by atoms with Crippen molar-refractivity contribution in [3.8, 4) is 6.07 Å². The van der Waals surface area contributed by atoms with E-state index in [-0.39, 0.29) is 35.6 Å². The first-order valence-corrected chi connectivity index (χ1v) is 14.9. The molecule has 1 amide bonds. The lowest BCUT2D eigenvalue weighted by molar-refractivity contribution is -0.141. The zero-order chi connectivity index (χ0) is 31.3. The Balaban J connectivity index is 1.31. The van der Waals surface area contributed by atoms with Crippen LogP contribution < -0.4 is 9.80 Å². The molecule has 10 nitrogen and oxygen atoms in total. The van der Waals surface area contributed by atoms with E-state index in [1.54, 1.807) is 11.0 Å². The van der Waals surface area contributed by atoms with Crippen LogP contribution in [0.15, 0.2) is 12.3 Å². The van der Waals surface area contributed by atoms with Gasteiger partial charge < -0.3 is 19.4 Å². The highest BCUT2D eigenvalue weighted by Crippen LogP contribution is 2.41. The molecular weight excluding hydrogens is 561 g/mol. The maximum Gasteiger partial charge on any atom is 0.434 e. The van der Waals surface area contributed by atoms with Crippen LogP contribution in [0.3, 0.4) is 0 Å². The second kappa shape index (κ2) is 11.5. The zero-order valence-corrected chi connectivity index (χ0v) is 25.8. The van der Waals surface area contributed by atoms with Crippen LogP contribution in [0.5, 0.6) is 0 Å². The van der Waals surface area contributed by atoms with Crippen molar-refractivity contribution in [2.24, 2.45) is 7.05 Å². The Morgan fingerprint density at radius 2 is 1.74 bits per heavy atom. The summed E-state index contributed by atoms with van der Waals surface area (Å²) in [6.45, 7) is 13.5. The quantitative estimate of drug-likeness (QED) is 0.504. The van der Waals surface area contributed by atoms with Gasteiger partial charge in [0.1, 0.15) is 23.1 Å². The van der Waals surface area contributed by atoms with Crippen LogP contribution in [-0.4, -0.2) is 94.2 Å². The van der Waals surface area contributed by atoms with Crippen LogP contribution in [-0.2, 0) is 18.0 Å². The molecule has 3 aliphatic rings. The molecule has 43 heavy (non-hydrogen) atoms. The number of anilines is 2. The molecule has 0 saturated carbocycles. The Morgan fingerprint density at radius 1 is 1.09 bits per heavy atom. The summed E-state index contributed by atoms with van der Waals surface area (Å²) in [7, 11) is 1.92. The lowest BCUT2D eigenvalue weighted by Gasteiger charge is -2.54. The molecular formula is C30H41F3N8O2. The van der Waals surface area contributed by atoms with Crippen LogP contribution in [0.2, 0.25) is 0 Å². The Morgan fingerprint density at radius 3 is 2.26 bits per heavy atom. The van der Waals surface area contributed by atoms with Crippen molar-refractivity contribution in [3.05, 3.63) is 34.8 Å². The van der Waals surface area contributed by atoms with Gasteiger partial charge in [0, 0.05) is 82.6 Å². The van der Waals surface area contributed by atoms with Gasteiger partial charge >= 0.3 is 12.3 Å². The number of piperazine rings is 1. The summed E-state index contributed by atoms with van der Waals surface area (Å²) < 4.78 is 50.1. The lowest BCUT2D eigenvalue weighted by Crippen LogP contribution is -2.68. The number of nitrogens with zero attached hydrogens (tertiary/aromatic N) is 8. The van der Waals surface area contributed by atoms with Crippen molar-refractivity contribution in [3.63, 3.8) is 0 Å². The summed E-state index contributed by atoms with van der Waals surface area (Å²) in [6, 6.07) is 3.46. The monoisotopic (exact) mass is 602 g/mol. The Bertz CT molecular complexity index is 1360. The highest BCUT2D eigenvalue weighted by atomic mass is 19.4. The van der Waals surface area contributed by atoms with Crippen LogP contribution >= 0.6 is 0 Å². The fourth-order valence-electron chi connectivity index (χ4n) is 6.64. The largest absolute Gasteiger partial charge is 0.444 e. The zero-order valence-electron chi connectivity index (χ0n) is 25.8. The standard InChI is InChI=1S/C30H41F3N8O2/c1-19-17-35-37(6)26(19)21-7-9-39(10-8-21)25-15-23(22(16-34)27(36-25)30(31,32)33)41-18-24(20(41)2)38-11-13-40(14-12-38)28(42)43-29(3,4)5/h15,17,20-21,24H,7-14,18H2,1-6H3/t20-,24-/m0/s1. The summed E-state index contributed by atoms with van der Waals surface area (Å²) in [5, 5.41) is 14.2. The molecule has 3 saturated heterocycles. The van der Waals surface area contributed by atoms with Gasteiger partial charge in [-0.2, -0.15) is 23.5 Å². The number of hydrogen-bond acceptors (Lipinski definition) is 8. The first kappa shape index (κ1) is 30.9. The van der Waals surface area contributed by atoms with Gasteiger partial charge in [0.15, 0.2) is 5.69 Å². The van der Waals surface area contributed by atoms with E-state index in [0.29, 0.717) is 45.8 Å². The smallest absolute Gasteiger partial charge is 0.434 e. The number of hydrogen-bond donors (Lipinski definition) is 0. The van der Waals surface area contributed by atoms with E-state index in [2.05, 4.69) is 15.0 Å². The third-order valence-corrected chi connectivity index (χ3v) is 8.92. The minimum Gasteiger partial charge on any atom is -0.444 e. The molecule has 0 aliphatic carbocycles. The van der Waals surface area contributed by atoms with Crippen LogP contribution in [0.25, 0.3) is 0 Å². The summed E-state index contributed by atoms with van der Waals surface area (Å²) in [5.74, 6) is 0.527. The second-order valence-electron chi connectivity index (χ2n) is 12.9. The highest BCUT2D eigenvalue weighted by Gasteiger charge is 2.45. The van der Waals surface area contributed by atoms with Gasteiger partial charge in [0.25, 0.3) is 0 Å². The maximum atomic E-state index is 14.2. The predicted octanol–water partition coefficient (Wildman–Crippen LogP) is 4.53. The number of aryl methyl sites for hydroxylation is 2. The molecule has 3 aliphatic heterocycles. The van der Waals surface area contributed by atoms with Crippen LogP contribution in [0.1, 0.15) is 69.0 Å². The summed E-state index contributed by atoms with van der Waals surface area (Å²) in [4.78, 5) is 24.2. The summed E-state index contributed by atoms with van der Waals surface area (Å²) >= 11 is 0. The number of ether oxygens (including phenoxy) is 1. The number of aromatic nitrogens is 3. The Hall–Kier alpha value is -3.53. The second-order valence-corrected chi connectivity index (χ2v) is 12.9. The third kappa shape index (κ3) is 6.25. The lowest BCUT2D eigenvalue weighted by atomic mass is 9.91. The van der Waals surface area contributed by atoms with Gasteiger partial charge in [0.2, 0.25) is 0 Å². The number of alkyl halides is 3. The molecule has 0 N–H and O–H groups in total. The average molecular weight is 603 g/mol. The number of pyridine rings is 1. The number of amides is 1. The SMILES string of the molecule is Cc1cnn(C)c1C1CCN(c2cc(N3C[C@H](N4CCN(C(=O)OC(C)(C)C)CC4)[C@@H]3C)c(C#N)c(C(F)(F)F)n2)CC1. The molecule has 5 rings (SSSR count). The normalized spacial score (nSPS) is 22.4. The minimum absolute atomic E-state index is 0.0937. The van der Waals surface area contributed by atoms with E-state index in [9.17, 15) is 23.2 Å². The van der Waals surface area contributed by atoms with Crippen molar-refractivity contribution >= 4 is 17.6 Å². The predicted molar refractivity (Wildman–Crippen MR) is 156 cm³/mol. The molecule has 0 unspecified atom stereocenters. The number of carbonyl (C=O) groups is 1. The first-order valence-electron chi connectivity index (χ1n) is 14.9. The fourth-order valence-corrected chi connectivity index (χ4v) is 6.64. The van der Waals surface area contributed by atoms with Crippen molar-refractivity contribution in [2.75, 3.05) is 55.6 Å². The third-order valence-electron chi connectivity index (χ3n) is 8.92. The average Bonchev–Trinajstić information content (AvgIpc) is 3.28. The van der Waals surface area contributed by atoms with Crippen LogP contribution in [0.4, 0.5) is 29.5 Å². The van der Waals surface area contributed by atoms with E-state index in [1.807, 2.05) is 68.4 Å². The molecule has 13 heteroatoms. The maximum absolute atomic E-state index is 14.2.